The minimum atomic E-state index is 1.15. The zero-order chi connectivity index (χ0) is 12.1. The molecule has 0 aliphatic carbocycles. The molecule has 1 aromatic heterocycles. The minimum Gasteiger partial charge on any atom is -0.237 e. The molecule has 0 saturated heterocycles. The summed E-state index contributed by atoms with van der Waals surface area (Å²) in [7, 11) is 2.13. The monoisotopic (exact) mass is 229 g/mol. The molecule has 0 spiro atoms. The summed E-state index contributed by atoms with van der Waals surface area (Å²) >= 11 is 0. The zero-order valence-corrected chi connectivity index (χ0v) is 10.8. The molecule has 0 amide bonds. The number of hydrogen-bond donors (Lipinski definition) is 0. The van der Waals surface area contributed by atoms with Gasteiger partial charge in [-0.1, -0.05) is 38.0 Å². The van der Waals surface area contributed by atoms with E-state index in [1.54, 1.807) is 0 Å². The summed E-state index contributed by atoms with van der Waals surface area (Å²) in [5.74, 6) is 1.38. The molecule has 1 aromatic carbocycles. The van der Waals surface area contributed by atoms with Crippen molar-refractivity contribution < 1.29 is 4.57 Å². The number of para-hydroxylation sites is 1. The van der Waals surface area contributed by atoms with E-state index >= 15 is 0 Å². The van der Waals surface area contributed by atoms with Crippen LogP contribution in [0, 0.1) is 0 Å². The molecular weight excluding hydrogens is 208 g/mol. The molecule has 90 valence electrons. The molecule has 0 N–H and O–H groups in total. The Balaban J connectivity index is 2.23. The number of aromatic nitrogens is 2. The number of hydrogen-bond acceptors (Lipinski definition) is 0. The first-order valence-corrected chi connectivity index (χ1v) is 6.44. The lowest BCUT2D eigenvalue weighted by Gasteiger charge is -2.02. The summed E-state index contributed by atoms with van der Waals surface area (Å²) in [6.07, 6.45) is 9.27. The SMILES string of the molecule is CCCCCc1n(-c2ccccc2)cc[n+]1C. The second-order valence-electron chi connectivity index (χ2n) is 4.49. The van der Waals surface area contributed by atoms with Crippen LogP contribution in [0.2, 0.25) is 0 Å². The molecule has 0 aliphatic heterocycles. The van der Waals surface area contributed by atoms with Crippen molar-refractivity contribution in [3.63, 3.8) is 0 Å². The van der Waals surface area contributed by atoms with Crippen molar-refractivity contribution in [3.8, 4) is 5.69 Å². The van der Waals surface area contributed by atoms with E-state index in [0.29, 0.717) is 0 Å². The van der Waals surface area contributed by atoms with E-state index in [-0.39, 0.29) is 0 Å². The molecule has 0 aliphatic rings. The van der Waals surface area contributed by atoms with Crippen LogP contribution in [0.1, 0.15) is 32.0 Å². The van der Waals surface area contributed by atoms with Crippen LogP contribution in [0.15, 0.2) is 42.7 Å². The first kappa shape index (κ1) is 11.9. The van der Waals surface area contributed by atoms with Crippen LogP contribution in [0.3, 0.4) is 0 Å². The third-order valence-electron chi connectivity index (χ3n) is 3.16. The first-order chi connectivity index (χ1) is 8.33. The van der Waals surface area contributed by atoms with Gasteiger partial charge in [0.2, 0.25) is 0 Å². The smallest absolute Gasteiger partial charge is 0.237 e. The standard InChI is InChI=1S/C15H21N2/c1-3-4-6-11-15-16(2)12-13-17(15)14-9-7-5-8-10-14/h5,7-10,12-13H,3-4,6,11H2,1-2H3/q+1. The summed E-state index contributed by atoms with van der Waals surface area (Å²) in [6.45, 7) is 2.25. The quantitative estimate of drug-likeness (QED) is 0.550. The van der Waals surface area contributed by atoms with Gasteiger partial charge in [0, 0.05) is 6.42 Å². The second kappa shape index (κ2) is 5.67. The van der Waals surface area contributed by atoms with Crippen LogP contribution >= 0.6 is 0 Å². The third-order valence-corrected chi connectivity index (χ3v) is 3.16. The van der Waals surface area contributed by atoms with Gasteiger partial charge in [0.25, 0.3) is 5.82 Å². The molecule has 1 heterocycles. The van der Waals surface area contributed by atoms with Gasteiger partial charge in [-0.3, -0.25) is 0 Å². The molecule has 2 aromatic rings. The molecule has 2 heteroatoms. The average Bonchev–Trinajstić information content (AvgIpc) is 2.73. The van der Waals surface area contributed by atoms with Crippen molar-refractivity contribution in [2.75, 3.05) is 0 Å². The largest absolute Gasteiger partial charge is 0.261 e. The maximum Gasteiger partial charge on any atom is 0.261 e. The van der Waals surface area contributed by atoms with Gasteiger partial charge in [0.1, 0.15) is 18.1 Å². The van der Waals surface area contributed by atoms with Crippen molar-refractivity contribution in [1.29, 1.82) is 0 Å². The second-order valence-corrected chi connectivity index (χ2v) is 4.49. The lowest BCUT2D eigenvalue weighted by Crippen LogP contribution is -2.31. The molecule has 2 rings (SSSR count). The van der Waals surface area contributed by atoms with Crippen LogP contribution in [-0.2, 0) is 13.5 Å². The van der Waals surface area contributed by atoms with Crippen LogP contribution in [0.4, 0.5) is 0 Å². The average molecular weight is 229 g/mol. The van der Waals surface area contributed by atoms with Crippen LogP contribution in [-0.4, -0.2) is 4.57 Å². The summed E-state index contributed by atoms with van der Waals surface area (Å²) in [4.78, 5) is 0. The Morgan fingerprint density at radius 1 is 1.12 bits per heavy atom. The van der Waals surface area contributed by atoms with Crippen LogP contribution in [0.5, 0.6) is 0 Å². The highest BCUT2D eigenvalue weighted by Gasteiger charge is 2.15. The Hall–Kier alpha value is -1.57. The van der Waals surface area contributed by atoms with Gasteiger partial charge in [-0.25, -0.2) is 4.57 Å². The Labute approximate surface area is 104 Å². The Morgan fingerprint density at radius 3 is 2.59 bits per heavy atom. The van der Waals surface area contributed by atoms with E-state index in [4.69, 9.17) is 0 Å². The Morgan fingerprint density at radius 2 is 1.88 bits per heavy atom. The molecule has 0 radical (unpaired) electrons. The van der Waals surface area contributed by atoms with Crippen molar-refractivity contribution in [3.05, 3.63) is 48.5 Å². The van der Waals surface area contributed by atoms with Gasteiger partial charge in [0.15, 0.2) is 0 Å². The van der Waals surface area contributed by atoms with Gasteiger partial charge in [-0.2, -0.15) is 4.57 Å². The highest BCUT2D eigenvalue weighted by Crippen LogP contribution is 2.11. The van der Waals surface area contributed by atoms with E-state index in [9.17, 15) is 0 Å². The number of aryl methyl sites for hydroxylation is 1. The number of benzene rings is 1. The molecule has 0 atom stereocenters. The number of nitrogens with zero attached hydrogens (tertiary/aromatic N) is 2. The van der Waals surface area contributed by atoms with Gasteiger partial charge >= 0.3 is 0 Å². The normalized spacial score (nSPS) is 10.7. The summed E-state index contributed by atoms with van der Waals surface area (Å²) in [6, 6.07) is 10.5. The molecule has 0 fully saturated rings. The third kappa shape index (κ3) is 2.76. The molecule has 0 saturated carbocycles. The fourth-order valence-corrected chi connectivity index (χ4v) is 2.16. The molecular formula is C15H21N2+. The van der Waals surface area contributed by atoms with E-state index in [1.807, 2.05) is 0 Å². The highest BCUT2D eigenvalue weighted by atomic mass is 15.1. The minimum absolute atomic E-state index is 1.15. The van der Waals surface area contributed by atoms with E-state index in [0.717, 1.165) is 6.42 Å². The Kier molecular flexibility index (Phi) is 3.97. The fourth-order valence-electron chi connectivity index (χ4n) is 2.16. The van der Waals surface area contributed by atoms with Gasteiger partial charge in [-0.15, -0.1) is 0 Å². The molecule has 0 bridgehead atoms. The van der Waals surface area contributed by atoms with Gasteiger partial charge in [-0.05, 0) is 18.6 Å². The van der Waals surface area contributed by atoms with Crippen LogP contribution in [0.25, 0.3) is 5.69 Å². The first-order valence-electron chi connectivity index (χ1n) is 6.44. The Bertz CT molecular complexity index is 457. The number of imidazole rings is 1. The predicted octanol–water partition coefficient (Wildman–Crippen LogP) is 3.03. The van der Waals surface area contributed by atoms with E-state index in [2.05, 4.69) is 65.8 Å². The van der Waals surface area contributed by atoms with E-state index < -0.39 is 0 Å². The van der Waals surface area contributed by atoms with Crippen molar-refractivity contribution in [2.45, 2.75) is 32.6 Å². The van der Waals surface area contributed by atoms with Crippen molar-refractivity contribution in [1.82, 2.24) is 4.57 Å². The summed E-state index contributed by atoms with van der Waals surface area (Å²) in [5, 5.41) is 0. The lowest BCUT2D eigenvalue weighted by atomic mass is 10.2. The maximum atomic E-state index is 2.29. The molecule has 17 heavy (non-hydrogen) atoms. The number of rotatable bonds is 5. The maximum absolute atomic E-state index is 2.29. The van der Waals surface area contributed by atoms with Gasteiger partial charge in [0.05, 0.1) is 7.05 Å². The van der Waals surface area contributed by atoms with E-state index in [1.165, 1.54) is 30.8 Å². The fraction of sp³-hybridized carbons (Fsp3) is 0.400. The zero-order valence-electron chi connectivity index (χ0n) is 10.8. The van der Waals surface area contributed by atoms with Crippen molar-refractivity contribution in [2.24, 2.45) is 7.05 Å². The molecule has 2 nitrogen and oxygen atoms in total. The molecule has 0 unspecified atom stereocenters. The highest BCUT2D eigenvalue weighted by molar-refractivity contribution is 5.31. The van der Waals surface area contributed by atoms with Crippen LogP contribution < -0.4 is 4.57 Å². The summed E-state index contributed by atoms with van der Waals surface area (Å²) < 4.78 is 4.51. The topological polar surface area (TPSA) is 8.81 Å². The lowest BCUT2D eigenvalue weighted by molar-refractivity contribution is -0.678. The predicted molar refractivity (Wildman–Crippen MR) is 70.2 cm³/mol. The number of unbranched alkanes of at least 4 members (excludes halogenated alkanes) is 2. The van der Waals surface area contributed by atoms with Gasteiger partial charge < -0.3 is 0 Å². The summed E-state index contributed by atoms with van der Waals surface area (Å²) in [5.41, 5.74) is 1.25. The van der Waals surface area contributed by atoms with Crippen molar-refractivity contribution >= 4 is 0 Å².